The second-order valence-electron chi connectivity index (χ2n) is 2.67. The van der Waals surface area contributed by atoms with Crippen LogP contribution in [0.5, 0.6) is 0 Å². The van der Waals surface area contributed by atoms with E-state index in [0.717, 1.165) is 21.3 Å². The molecule has 0 saturated heterocycles. The Bertz CT molecular complexity index is 475. The van der Waals surface area contributed by atoms with Gasteiger partial charge in [-0.1, -0.05) is 4.49 Å². The quantitative estimate of drug-likeness (QED) is 0.853. The highest BCUT2D eigenvalue weighted by molar-refractivity contribution is 7.16. The van der Waals surface area contributed by atoms with Crippen molar-refractivity contribution in [2.45, 2.75) is 6.92 Å². The van der Waals surface area contributed by atoms with Crippen molar-refractivity contribution in [2.24, 2.45) is 0 Å². The van der Waals surface area contributed by atoms with Gasteiger partial charge in [0.25, 0.3) is 0 Å². The van der Waals surface area contributed by atoms with Crippen molar-refractivity contribution >= 4 is 28.8 Å². The number of carbonyl (C=O) groups is 1. The molecular weight excluding hydrogens is 220 g/mol. The first kappa shape index (κ1) is 9.29. The summed E-state index contributed by atoms with van der Waals surface area (Å²) < 4.78 is 3.65. The van der Waals surface area contributed by atoms with Crippen LogP contribution < -0.4 is 0 Å². The van der Waals surface area contributed by atoms with Crippen molar-refractivity contribution in [1.29, 1.82) is 0 Å². The minimum Gasteiger partial charge on any atom is -0.477 e. The number of carboxylic acid groups (broad SMARTS) is 1. The molecule has 0 atom stereocenters. The van der Waals surface area contributed by atoms with Crippen molar-refractivity contribution in [3.63, 3.8) is 0 Å². The van der Waals surface area contributed by atoms with E-state index in [0.29, 0.717) is 5.69 Å². The van der Waals surface area contributed by atoms with E-state index in [4.69, 9.17) is 5.11 Å². The molecule has 72 valence electrons. The van der Waals surface area contributed by atoms with Gasteiger partial charge in [0.05, 0.1) is 4.88 Å². The number of hydrogen-bond donors (Lipinski definition) is 1. The molecule has 14 heavy (non-hydrogen) atoms. The zero-order chi connectivity index (χ0) is 10.1. The molecule has 0 aromatic carbocycles. The lowest BCUT2D eigenvalue weighted by molar-refractivity contribution is 0.0703. The summed E-state index contributed by atoms with van der Waals surface area (Å²) >= 11 is 2.43. The van der Waals surface area contributed by atoms with Gasteiger partial charge in [0, 0.05) is 4.88 Å². The van der Waals surface area contributed by atoms with Gasteiger partial charge in [-0.05, 0) is 30.6 Å². The molecule has 2 aromatic heterocycles. The molecule has 0 radical (unpaired) electrons. The van der Waals surface area contributed by atoms with Crippen LogP contribution in [0.2, 0.25) is 0 Å². The van der Waals surface area contributed by atoms with Crippen LogP contribution in [0.3, 0.4) is 0 Å². The number of aromatic nitrogens is 2. The van der Waals surface area contributed by atoms with Gasteiger partial charge in [0.1, 0.15) is 5.69 Å². The second-order valence-corrected chi connectivity index (χ2v) is 4.71. The van der Waals surface area contributed by atoms with Crippen LogP contribution in [0.25, 0.3) is 10.6 Å². The largest absolute Gasteiger partial charge is 0.477 e. The van der Waals surface area contributed by atoms with Gasteiger partial charge in [0.2, 0.25) is 0 Å². The number of rotatable bonds is 2. The van der Waals surface area contributed by atoms with Gasteiger partial charge in [-0.25, -0.2) is 4.79 Å². The summed E-state index contributed by atoms with van der Waals surface area (Å²) in [4.78, 5) is 13.0. The normalized spacial score (nSPS) is 10.4. The zero-order valence-electron chi connectivity index (χ0n) is 7.22. The average Bonchev–Trinajstić information content (AvgIpc) is 2.70. The molecule has 0 aliphatic rings. The molecular formula is C8H6N2O2S2. The van der Waals surface area contributed by atoms with Crippen molar-refractivity contribution < 1.29 is 9.90 Å². The van der Waals surface area contributed by atoms with E-state index in [1.807, 2.05) is 19.1 Å². The maximum Gasteiger partial charge on any atom is 0.349 e. The van der Waals surface area contributed by atoms with Gasteiger partial charge >= 0.3 is 5.97 Å². The van der Waals surface area contributed by atoms with E-state index in [-0.39, 0.29) is 4.88 Å². The first-order valence-electron chi connectivity index (χ1n) is 3.81. The van der Waals surface area contributed by atoms with Crippen LogP contribution in [-0.4, -0.2) is 20.7 Å². The van der Waals surface area contributed by atoms with Crippen molar-refractivity contribution in [2.75, 3.05) is 0 Å². The van der Waals surface area contributed by atoms with E-state index in [2.05, 4.69) is 9.59 Å². The summed E-state index contributed by atoms with van der Waals surface area (Å²) in [6, 6.07) is 3.80. The third-order valence-electron chi connectivity index (χ3n) is 1.66. The number of carboxylic acids is 1. The Kier molecular flexibility index (Phi) is 2.30. The molecule has 4 nitrogen and oxygen atoms in total. The summed E-state index contributed by atoms with van der Waals surface area (Å²) in [6.45, 7) is 1.97. The molecule has 0 aliphatic carbocycles. The molecule has 0 unspecified atom stereocenters. The summed E-state index contributed by atoms with van der Waals surface area (Å²) in [5.74, 6) is -0.971. The maximum absolute atomic E-state index is 10.8. The van der Waals surface area contributed by atoms with Crippen molar-refractivity contribution in [3.05, 3.63) is 21.9 Å². The Labute approximate surface area is 88.0 Å². The molecule has 0 amide bonds. The number of hydrogen-bond acceptors (Lipinski definition) is 5. The lowest BCUT2D eigenvalue weighted by Gasteiger charge is -1.90. The van der Waals surface area contributed by atoms with Crippen molar-refractivity contribution in [1.82, 2.24) is 9.59 Å². The number of thiophene rings is 1. The summed E-state index contributed by atoms with van der Waals surface area (Å²) in [6.07, 6.45) is 0. The fourth-order valence-electron chi connectivity index (χ4n) is 1.05. The summed E-state index contributed by atoms with van der Waals surface area (Å²) in [7, 11) is 0. The molecule has 0 bridgehead atoms. The van der Waals surface area contributed by atoms with Gasteiger partial charge < -0.3 is 5.11 Å². The molecule has 6 heteroatoms. The second kappa shape index (κ2) is 3.47. The van der Waals surface area contributed by atoms with Crippen LogP contribution >= 0.6 is 22.9 Å². The molecule has 0 spiro atoms. The summed E-state index contributed by atoms with van der Waals surface area (Å²) in [5, 5.41) is 12.7. The molecule has 2 rings (SSSR count). The monoisotopic (exact) mass is 226 g/mol. The molecule has 2 heterocycles. The SMILES string of the molecule is Cc1ccc(-c2nnsc2C(=O)O)s1. The van der Waals surface area contributed by atoms with E-state index in [1.54, 1.807) is 0 Å². The van der Waals surface area contributed by atoms with E-state index in [1.165, 1.54) is 11.3 Å². The Hall–Kier alpha value is -1.27. The number of aromatic carboxylic acids is 1. The summed E-state index contributed by atoms with van der Waals surface area (Å²) in [5.41, 5.74) is 0.473. The van der Waals surface area contributed by atoms with Gasteiger partial charge in [0.15, 0.2) is 4.88 Å². The van der Waals surface area contributed by atoms with Gasteiger partial charge in [-0.15, -0.1) is 16.4 Å². The maximum atomic E-state index is 10.8. The van der Waals surface area contributed by atoms with Crippen LogP contribution in [0.15, 0.2) is 12.1 Å². The van der Waals surface area contributed by atoms with E-state index >= 15 is 0 Å². The fourth-order valence-corrected chi connectivity index (χ4v) is 2.50. The molecule has 2 aromatic rings. The van der Waals surface area contributed by atoms with Crippen molar-refractivity contribution in [3.8, 4) is 10.6 Å². The minimum absolute atomic E-state index is 0.201. The number of nitrogens with zero attached hydrogens (tertiary/aromatic N) is 2. The van der Waals surface area contributed by atoms with Crippen LogP contribution in [0.1, 0.15) is 14.5 Å². The lowest BCUT2D eigenvalue weighted by atomic mass is 10.3. The van der Waals surface area contributed by atoms with Gasteiger partial charge in [-0.3, -0.25) is 0 Å². The Morgan fingerprint density at radius 2 is 2.29 bits per heavy atom. The third-order valence-corrected chi connectivity index (χ3v) is 3.38. The Balaban J connectivity index is 2.51. The van der Waals surface area contributed by atoms with Gasteiger partial charge in [-0.2, -0.15) is 0 Å². The standard InChI is InChI=1S/C8H6N2O2S2/c1-4-2-3-5(13-4)6-7(8(11)12)14-10-9-6/h2-3H,1H3,(H,11,12). The zero-order valence-corrected chi connectivity index (χ0v) is 8.85. The first-order valence-corrected chi connectivity index (χ1v) is 5.40. The Morgan fingerprint density at radius 3 is 2.86 bits per heavy atom. The van der Waals surface area contributed by atoms with E-state index < -0.39 is 5.97 Å². The molecule has 0 saturated carbocycles. The topological polar surface area (TPSA) is 63.1 Å². The predicted octanol–water partition coefficient (Wildman–Crippen LogP) is 2.27. The number of aryl methyl sites for hydroxylation is 1. The van der Waals surface area contributed by atoms with Crippen LogP contribution in [-0.2, 0) is 0 Å². The fraction of sp³-hybridized carbons (Fsp3) is 0.125. The van der Waals surface area contributed by atoms with Crippen LogP contribution in [0, 0.1) is 6.92 Å². The molecule has 0 aliphatic heterocycles. The highest BCUT2D eigenvalue weighted by Gasteiger charge is 2.17. The van der Waals surface area contributed by atoms with Crippen LogP contribution in [0.4, 0.5) is 0 Å². The lowest BCUT2D eigenvalue weighted by Crippen LogP contribution is -1.94. The average molecular weight is 226 g/mol. The smallest absolute Gasteiger partial charge is 0.349 e. The Morgan fingerprint density at radius 1 is 1.50 bits per heavy atom. The highest BCUT2D eigenvalue weighted by Crippen LogP contribution is 2.29. The first-order chi connectivity index (χ1) is 6.68. The minimum atomic E-state index is -0.971. The highest BCUT2D eigenvalue weighted by atomic mass is 32.1. The molecule has 0 fully saturated rings. The predicted molar refractivity (Wildman–Crippen MR) is 54.9 cm³/mol. The van der Waals surface area contributed by atoms with E-state index in [9.17, 15) is 4.79 Å². The third kappa shape index (κ3) is 1.53. The molecule has 1 N–H and O–H groups in total.